The van der Waals surface area contributed by atoms with E-state index in [1.54, 1.807) is 0 Å². The highest BCUT2D eigenvalue weighted by Crippen LogP contribution is 2.30. The van der Waals surface area contributed by atoms with Crippen LogP contribution in [0.2, 0.25) is 0 Å². The van der Waals surface area contributed by atoms with Crippen molar-refractivity contribution < 1.29 is 4.79 Å². The van der Waals surface area contributed by atoms with Crippen molar-refractivity contribution in [1.82, 2.24) is 24.5 Å². The van der Waals surface area contributed by atoms with Crippen molar-refractivity contribution in [2.45, 2.75) is 19.9 Å². The number of rotatable bonds is 3. The molecule has 0 bridgehead atoms. The van der Waals surface area contributed by atoms with Gasteiger partial charge in [-0.25, -0.2) is 14.2 Å². The number of carbonyl (C=O) groups is 1. The summed E-state index contributed by atoms with van der Waals surface area (Å²) >= 11 is 0. The van der Waals surface area contributed by atoms with Crippen LogP contribution in [0.25, 0.3) is 27.9 Å². The number of nitrogens with one attached hydrogen (secondary N) is 1. The highest BCUT2D eigenvalue weighted by atomic mass is 16.2. The van der Waals surface area contributed by atoms with Crippen molar-refractivity contribution in [3.05, 3.63) is 84.4 Å². The molecule has 36 heavy (non-hydrogen) atoms. The lowest BCUT2D eigenvalue weighted by Gasteiger charge is -2.40. The molecule has 1 aliphatic rings. The quantitative estimate of drug-likeness (QED) is 0.396. The molecule has 2 amide bonds. The molecule has 6 rings (SSSR count). The van der Waals surface area contributed by atoms with Gasteiger partial charge in [0.25, 0.3) is 0 Å². The Kier molecular flexibility index (Phi) is 5.48. The molecule has 1 saturated heterocycles. The molecule has 3 aromatic carbocycles. The summed E-state index contributed by atoms with van der Waals surface area (Å²) in [6.45, 7) is 6.02. The van der Waals surface area contributed by atoms with E-state index in [-0.39, 0.29) is 12.1 Å². The molecular formula is C28H27N7O. The Labute approximate surface area is 209 Å². The third-order valence-corrected chi connectivity index (χ3v) is 6.70. The maximum atomic E-state index is 13.0. The number of benzene rings is 3. The van der Waals surface area contributed by atoms with Crippen LogP contribution in [0.4, 0.5) is 16.4 Å². The fourth-order valence-corrected chi connectivity index (χ4v) is 4.91. The van der Waals surface area contributed by atoms with Crippen LogP contribution in [0, 0.1) is 6.92 Å². The largest absolute Gasteiger partial charge is 0.338 e. The lowest BCUT2D eigenvalue weighted by atomic mass is 10.1. The molecule has 8 heteroatoms. The summed E-state index contributed by atoms with van der Waals surface area (Å²) in [5.74, 6) is 1.55. The van der Waals surface area contributed by atoms with Gasteiger partial charge in [-0.3, -0.25) is 0 Å². The molecule has 180 valence electrons. The van der Waals surface area contributed by atoms with Crippen LogP contribution in [-0.4, -0.2) is 56.2 Å². The Hall–Kier alpha value is -4.46. The minimum absolute atomic E-state index is 0.00955. The Morgan fingerprint density at radius 2 is 1.75 bits per heavy atom. The van der Waals surface area contributed by atoms with Crippen molar-refractivity contribution >= 4 is 34.2 Å². The molecule has 8 nitrogen and oxygen atoms in total. The van der Waals surface area contributed by atoms with Crippen molar-refractivity contribution in [3.63, 3.8) is 0 Å². The smallest absolute Gasteiger partial charge is 0.322 e. The first-order valence-corrected chi connectivity index (χ1v) is 12.2. The standard InChI is InChI=1S/C28H27N7O/c1-19-9-8-10-21(17-19)25-31-32-26-23-13-6-7-14-24(23)30-27(35(25)26)33-15-16-34(20(2)18-33)28(36)29-22-11-4-3-5-12-22/h3-14,17,20H,15-16,18H2,1-2H3,(H,29,36)/t20-/m1/s1. The van der Waals surface area contributed by atoms with Gasteiger partial charge in [0.05, 0.1) is 5.52 Å². The number of para-hydroxylation sites is 2. The predicted molar refractivity (Wildman–Crippen MR) is 142 cm³/mol. The first kappa shape index (κ1) is 22.0. The van der Waals surface area contributed by atoms with Crippen molar-refractivity contribution in [2.24, 2.45) is 0 Å². The fourth-order valence-electron chi connectivity index (χ4n) is 4.91. The topological polar surface area (TPSA) is 78.7 Å². The SMILES string of the molecule is Cc1cccc(-c2nnc3c4ccccc4nc(N4CCN(C(=O)Nc5ccccc5)[C@H](C)C4)n23)c1. The number of fused-ring (bicyclic) bond motifs is 3. The Morgan fingerprint density at radius 3 is 2.56 bits per heavy atom. The second-order valence-electron chi connectivity index (χ2n) is 9.27. The Bertz CT molecular complexity index is 1560. The number of anilines is 2. The summed E-state index contributed by atoms with van der Waals surface area (Å²) in [6, 6.07) is 25.8. The zero-order valence-electron chi connectivity index (χ0n) is 20.3. The average molecular weight is 478 g/mol. The van der Waals surface area contributed by atoms with E-state index in [1.807, 2.05) is 65.6 Å². The minimum Gasteiger partial charge on any atom is -0.338 e. The second kappa shape index (κ2) is 8.96. The third kappa shape index (κ3) is 3.90. The van der Waals surface area contributed by atoms with E-state index < -0.39 is 0 Å². The van der Waals surface area contributed by atoms with Crippen LogP contribution in [0.3, 0.4) is 0 Å². The van der Waals surface area contributed by atoms with Gasteiger partial charge in [-0.05, 0) is 44.2 Å². The molecular weight excluding hydrogens is 450 g/mol. The number of amides is 2. The molecule has 0 radical (unpaired) electrons. The van der Waals surface area contributed by atoms with Crippen LogP contribution in [0.15, 0.2) is 78.9 Å². The minimum atomic E-state index is -0.0882. The number of carbonyl (C=O) groups excluding carboxylic acids is 1. The summed E-state index contributed by atoms with van der Waals surface area (Å²) in [5, 5.41) is 13.2. The van der Waals surface area contributed by atoms with E-state index in [0.29, 0.717) is 19.6 Å². The molecule has 1 atom stereocenters. The van der Waals surface area contributed by atoms with Crippen LogP contribution in [0.1, 0.15) is 12.5 Å². The van der Waals surface area contributed by atoms with Crippen LogP contribution < -0.4 is 10.2 Å². The molecule has 1 N–H and O–H groups in total. The van der Waals surface area contributed by atoms with Crippen LogP contribution in [0.5, 0.6) is 0 Å². The molecule has 2 aromatic heterocycles. The van der Waals surface area contributed by atoms with Gasteiger partial charge in [0, 0.05) is 42.3 Å². The van der Waals surface area contributed by atoms with Crippen LogP contribution >= 0.6 is 0 Å². The van der Waals surface area contributed by atoms with E-state index in [0.717, 1.165) is 45.1 Å². The van der Waals surface area contributed by atoms with E-state index in [2.05, 4.69) is 56.9 Å². The predicted octanol–water partition coefficient (Wildman–Crippen LogP) is 5.00. The van der Waals surface area contributed by atoms with Crippen molar-refractivity contribution in [1.29, 1.82) is 0 Å². The van der Waals surface area contributed by atoms with Gasteiger partial charge in [-0.2, -0.15) is 0 Å². The van der Waals surface area contributed by atoms with Crippen LogP contribution in [-0.2, 0) is 0 Å². The zero-order valence-corrected chi connectivity index (χ0v) is 20.3. The molecule has 0 saturated carbocycles. The van der Waals surface area contributed by atoms with Crippen molar-refractivity contribution in [3.8, 4) is 11.4 Å². The highest BCUT2D eigenvalue weighted by molar-refractivity contribution is 5.93. The number of aromatic nitrogens is 4. The van der Waals surface area contributed by atoms with E-state index in [4.69, 9.17) is 4.98 Å². The number of hydrogen-bond acceptors (Lipinski definition) is 5. The summed E-state index contributed by atoms with van der Waals surface area (Å²) in [7, 11) is 0. The monoisotopic (exact) mass is 477 g/mol. The third-order valence-electron chi connectivity index (χ3n) is 6.70. The van der Waals surface area contributed by atoms with Gasteiger partial charge < -0.3 is 15.1 Å². The van der Waals surface area contributed by atoms with Crippen molar-refractivity contribution in [2.75, 3.05) is 29.9 Å². The first-order chi connectivity index (χ1) is 17.6. The molecule has 0 aliphatic carbocycles. The highest BCUT2D eigenvalue weighted by Gasteiger charge is 2.30. The summed E-state index contributed by atoms with van der Waals surface area (Å²) in [5.41, 5.74) is 4.60. The maximum absolute atomic E-state index is 13.0. The second-order valence-corrected chi connectivity index (χ2v) is 9.27. The molecule has 0 unspecified atom stereocenters. The summed E-state index contributed by atoms with van der Waals surface area (Å²) < 4.78 is 2.06. The van der Waals surface area contributed by atoms with Gasteiger partial charge in [-0.1, -0.05) is 54.1 Å². The zero-order chi connectivity index (χ0) is 24.6. The fraction of sp³-hybridized carbons (Fsp3) is 0.214. The number of hydrogen-bond donors (Lipinski definition) is 1. The number of nitrogens with zero attached hydrogens (tertiary/aromatic N) is 6. The molecule has 1 aliphatic heterocycles. The Morgan fingerprint density at radius 1 is 0.944 bits per heavy atom. The van der Waals surface area contributed by atoms with E-state index >= 15 is 0 Å². The number of urea groups is 1. The van der Waals surface area contributed by atoms with Gasteiger partial charge in [-0.15, -0.1) is 10.2 Å². The van der Waals surface area contributed by atoms with Gasteiger partial charge in [0.1, 0.15) is 0 Å². The first-order valence-electron chi connectivity index (χ1n) is 12.2. The summed E-state index contributed by atoms with van der Waals surface area (Å²) in [6.07, 6.45) is 0. The number of aryl methyl sites for hydroxylation is 1. The normalized spacial score (nSPS) is 16.0. The maximum Gasteiger partial charge on any atom is 0.322 e. The van der Waals surface area contributed by atoms with Gasteiger partial charge >= 0.3 is 6.03 Å². The molecule has 0 spiro atoms. The molecule has 5 aromatic rings. The summed E-state index contributed by atoms with van der Waals surface area (Å²) in [4.78, 5) is 22.2. The van der Waals surface area contributed by atoms with E-state index in [9.17, 15) is 4.79 Å². The van der Waals surface area contributed by atoms with E-state index in [1.165, 1.54) is 0 Å². The lowest BCUT2D eigenvalue weighted by Crippen LogP contribution is -2.55. The number of piperazine rings is 1. The molecule has 3 heterocycles. The average Bonchev–Trinajstić information content (AvgIpc) is 3.34. The molecule has 1 fully saturated rings. The van der Waals surface area contributed by atoms with Gasteiger partial charge in [0.15, 0.2) is 11.5 Å². The van der Waals surface area contributed by atoms with Gasteiger partial charge in [0.2, 0.25) is 5.95 Å². The lowest BCUT2D eigenvalue weighted by molar-refractivity contribution is 0.184. The Balaban J connectivity index is 1.37.